The highest BCUT2D eigenvalue weighted by Crippen LogP contribution is 2.31. The smallest absolute Gasteiger partial charge is 0.161 e. The largest absolute Gasteiger partial charge is 0.490 e. The van der Waals surface area contributed by atoms with Crippen molar-refractivity contribution in [2.45, 2.75) is 33.9 Å². The third-order valence-electron chi connectivity index (χ3n) is 3.62. The molecule has 0 saturated carbocycles. The molecule has 5 heteroatoms. The second kappa shape index (κ2) is 9.91. The Morgan fingerprint density at radius 2 is 1.72 bits per heavy atom. The molecule has 2 aromatic rings. The molecule has 0 aliphatic carbocycles. The standard InChI is InChI=1S/C20H25Cl2NO2/c1-4-24-20-10-15(12-23-11-14(2)3)8-9-19(20)25-13-16-17(21)6-5-7-18(16)22/h5-10,14,23H,4,11-13H2,1-3H3. The molecule has 2 rings (SSSR count). The van der Waals surface area contributed by atoms with Crippen LogP contribution in [0.25, 0.3) is 0 Å². The van der Waals surface area contributed by atoms with Crippen LogP contribution < -0.4 is 14.8 Å². The molecule has 0 spiro atoms. The summed E-state index contributed by atoms with van der Waals surface area (Å²) in [6.45, 7) is 8.99. The Hall–Kier alpha value is -1.42. The van der Waals surface area contributed by atoms with Crippen LogP contribution in [-0.4, -0.2) is 13.2 Å². The maximum Gasteiger partial charge on any atom is 0.161 e. The first kappa shape index (κ1) is 19.9. The van der Waals surface area contributed by atoms with Crippen molar-refractivity contribution in [3.63, 3.8) is 0 Å². The molecule has 0 amide bonds. The molecule has 3 nitrogen and oxygen atoms in total. The van der Waals surface area contributed by atoms with Crippen LogP contribution in [0.4, 0.5) is 0 Å². The van der Waals surface area contributed by atoms with E-state index in [4.69, 9.17) is 32.7 Å². The van der Waals surface area contributed by atoms with Gasteiger partial charge in [-0.3, -0.25) is 0 Å². The Kier molecular flexibility index (Phi) is 7.89. The molecule has 0 bridgehead atoms. The van der Waals surface area contributed by atoms with E-state index in [2.05, 4.69) is 19.2 Å². The predicted molar refractivity (Wildman–Crippen MR) is 105 cm³/mol. The lowest BCUT2D eigenvalue weighted by molar-refractivity contribution is 0.269. The molecular weight excluding hydrogens is 357 g/mol. The van der Waals surface area contributed by atoms with Gasteiger partial charge in [0.25, 0.3) is 0 Å². The summed E-state index contributed by atoms with van der Waals surface area (Å²) in [6.07, 6.45) is 0. The zero-order valence-electron chi connectivity index (χ0n) is 14.9. The van der Waals surface area contributed by atoms with Crippen LogP contribution >= 0.6 is 23.2 Å². The minimum absolute atomic E-state index is 0.295. The van der Waals surface area contributed by atoms with Crippen LogP contribution in [0, 0.1) is 5.92 Å². The van der Waals surface area contributed by atoms with E-state index in [-0.39, 0.29) is 0 Å². The van der Waals surface area contributed by atoms with E-state index < -0.39 is 0 Å². The monoisotopic (exact) mass is 381 g/mol. The Morgan fingerprint density at radius 3 is 2.36 bits per heavy atom. The van der Waals surface area contributed by atoms with E-state index in [1.54, 1.807) is 12.1 Å². The topological polar surface area (TPSA) is 30.5 Å². The van der Waals surface area contributed by atoms with Crippen molar-refractivity contribution in [2.24, 2.45) is 5.92 Å². The summed E-state index contributed by atoms with van der Waals surface area (Å²) >= 11 is 12.4. The quantitative estimate of drug-likeness (QED) is 0.602. The van der Waals surface area contributed by atoms with Gasteiger partial charge in [-0.25, -0.2) is 0 Å². The number of rotatable bonds is 9. The maximum absolute atomic E-state index is 6.20. The summed E-state index contributed by atoms with van der Waals surface area (Å²) in [7, 11) is 0. The lowest BCUT2D eigenvalue weighted by atomic mass is 10.1. The van der Waals surface area contributed by atoms with Crippen LogP contribution in [0.2, 0.25) is 10.0 Å². The first-order chi connectivity index (χ1) is 12.0. The number of hydrogen-bond donors (Lipinski definition) is 1. The van der Waals surface area contributed by atoms with Crippen molar-refractivity contribution in [3.8, 4) is 11.5 Å². The first-order valence-corrected chi connectivity index (χ1v) is 9.29. The van der Waals surface area contributed by atoms with Gasteiger partial charge >= 0.3 is 0 Å². The van der Waals surface area contributed by atoms with Crippen LogP contribution in [0.15, 0.2) is 36.4 Å². The van der Waals surface area contributed by atoms with E-state index >= 15 is 0 Å². The van der Waals surface area contributed by atoms with Gasteiger partial charge in [0.15, 0.2) is 11.5 Å². The zero-order valence-corrected chi connectivity index (χ0v) is 16.5. The van der Waals surface area contributed by atoms with E-state index in [1.807, 2.05) is 31.2 Å². The van der Waals surface area contributed by atoms with Gasteiger partial charge in [0.1, 0.15) is 6.61 Å². The lowest BCUT2D eigenvalue weighted by Crippen LogP contribution is -2.19. The third kappa shape index (κ3) is 6.10. The number of benzene rings is 2. The summed E-state index contributed by atoms with van der Waals surface area (Å²) in [5.74, 6) is 2.04. The van der Waals surface area contributed by atoms with E-state index in [1.165, 1.54) is 0 Å². The number of nitrogens with one attached hydrogen (secondary N) is 1. The van der Waals surface area contributed by atoms with Crippen LogP contribution in [0.5, 0.6) is 11.5 Å². The van der Waals surface area contributed by atoms with E-state index in [0.717, 1.165) is 30.0 Å². The average Bonchev–Trinajstić information content (AvgIpc) is 2.56. The summed E-state index contributed by atoms with van der Waals surface area (Å²) in [5.41, 5.74) is 1.93. The third-order valence-corrected chi connectivity index (χ3v) is 4.33. The fourth-order valence-corrected chi connectivity index (χ4v) is 2.88. The lowest BCUT2D eigenvalue weighted by Gasteiger charge is -2.15. The Balaban J connectivity index is 2.08. The average molecular weight is 382 g/mol. The fourth-order valence-electron chi connectivity index (χ4n) is 2.38. The minimum Gasteiger partial charge on any atom is -0.490 e. The minimum atomic E-state index is 0.295. The predicted octanol–water partition coefficient (Wildman–Crippen LogP) is 5.72. The highest BCUT2D eigenvalue weighted by Gasteiger charge is 2.10. The Labute approximate surface area is 160 Å². The maximum atomic E-state index is 6.20. The normalized spacial score (nSPS) is 11.0. The van der Waals surface area contributed by atoms with Gasteiger partial charge in [0, 0.05) is 22.2 Å². The molecule has 0 unspecified atom stereocenters. The molecule has 25 heavy (non-hydrogen) atoms. The van der Waals surface area contributed by atoms with Gasteiger partial charge in [0.2, 0.25) is 0 Å². The van der Waals surface area contributed by atoms with Gasteiger partial charge in [-0.1, -0.05) is 49.2 Å². The van der Waals surface area contributed by atoms with E-state index in [0.29, 0.717) is 34.9 Å². The van der Waals surface area contributed by atoms with Crippen LogP contribution in [0.3, 0.4) is 0 Å². The zero-order chi connectivity index (χ0) is 18.2. The molecule has 0 aliphatic heterocycles. The summed E-state index contributed by atoms with van der Waals surface area (Å²) in [6, 6.07) is 11.4. The molecule has 0 aliphatic rings. The van der Waals surface area contributed by atoms with Crippen molar-refractivity contribution >= 4 is 23.2 Å². The first-order valence-electron chi connectivity index (χ1n) is 8.53. The molecule has 2 aromatic carbocycles. The molecule has 0 saturated heterocycles. The molecule has 0 fully saturated rings. The molecule has 0 radical (unpaired) electrons. The SMILES string of the molecule is CCOc1cc(CNCC(C)C)ccc1OCc1c(Cl)cccc1Cl. The molecule has 136 valence electrons. The summed E-state index contributed by atoms with van der Waals surface area (Å²) in [5, 5.41) is 4.63. The van der Waals surface area contributed by atoms with Crippen LogP contribution in [-0.2, 0) is 13.2 Å². The Morgan fingerprint density at radius 1 is 1.00 bits per heavy atom. The van der Waals surface area contributed by atoms with Crippen molar-refractivity contribution in [1.82, 2.24) is 5.32 Å². The molecule has 0 heterocycles. The summed E-state index contributed by atoms with van der Waals surface area (Å²) in [4.78, 5) is 0. The second-order valence-corrected chi connectivity index (χ2v) is 7.04. The highest BCUT2D eigenvalue weighted by atomic mass is 35.5. The highest BCUT2D eigenvalue weighted by molar-refractivity contribution is 6.35. The second-order valence-electron chi connectivity index (χ2n) is 6.23. The van der Waals surface area contributed by atoms with Crippen molar-refractivity contribution in [1.29, 1.82) is 0 Å². The Bertz CT molecular complexity index is 669. The van der Waals surface area contributed by atoms with E-state index in [9.17, 15) is 0 Å². The van der Waals surface area contributed by atoms with Gasteiger partial charge in [-0.05, 0) is 49.2 Å². The molecule has 0 aromatic heterocycles. The fraction of sp³-hybridized carbons (Fsp3) is 0.400. The van der Waals surface area contributed by atoms with Crippen molar-refractivity contribution in [2.75, 3.05) is 13.2 Å². The van der Waals surface area contributed by atoms with Crippen molar-refractivity contribution in [3.05, 3.63) is 57.6 Å². The van der Waals surface area contributed by atoms with Gasteiger partial charge in [-0.15, -0.1) is 0 Å². The van der Waals surface area contributed by atoms with Gasteiger partial charge in [-0.2, -0.15) is 0 Å². The number of hydrogen-bond acceptors (Lipinski definition) is 3. The molecular formula is C20H25Cl2NO2. The molecule has 1 N–H and O–H groups in total. The summed E-state index contributed by atoms with van der Waals surface area (Å²) < 4.78 is 11.7. The van der Waals surface area contributed by atoms with Crippen molar-refractivity contribution < 1.29 is 9.47 Å². The molecule has 0 atom stereocenters. The van der Waals surface area contributed by atoms with Gasteiger partial charge in [0.05, 0.1) is 6.61 Å². The number of halogens is 2. The van der Waals surface area contributed by atoms with Crippen LogP contribution in [0.1, 0.15) is 31.9 Å². The number of ether oxygens (including phenoxy) is 2. The van der Waals surface area contributed by atoms with Gasteiger partial charge < -0.3 is 14.8 Å².